The lowest BCUT2D eigenvalue weighted by molar-refractivity contribution is 0.319. The van der Waals surface area contributed by atoms with Crippen molar-refractivity contribution in [3.8, 4) is 17.2 Å². The molecule has 96 valence electrons. The number of hydrogen-bond acceptors (Lipinski definition) is 4. The number of benzene rings is 1. The molecule has 5 heteroatoms. The van der Waals surface area contributed by atoms with Crippen molar-refractivity contribution in [2.75, 3.05) is 19.5 Å². The van der Waals surface area contributed by atoms with Gasteiger partial charge in [-0.3, -0.25) is 0 Å². The monoisotopic (exact) mass is 247 g/mol. The summed E-state index contributed by atoms with van der Waals surface area (Å²) >= 11 is 0. The minimum atomic E-state index is 0.631. The summed E-state index contributed by atoms with van der Waals surface area (Å²) in [6.07, 6.45) is 4.40. The summed E-state index contributed by atoms with van der Waals surface area (Å²) < 4.78 is 12.4. The Morgan fingerprint density at radius 1 is 1.39 bits per heavy atom. The molecule has 0 unspecified atom stereocenters. The van der Waals surface area contributed by atoms with E-state index >= 15 is 0 Å². The summed E-state index contributed by atoms with van der Waals surface area (Å²) in [7, 11) is 1.61. The average molecular weight is 247 g/mol. The van der Waals surface area contributed by atoms with Gasteiger partial charge in [0.2, 0.25) is 0 Å². The predicted octanol–water partition coefficient (Wildman–Crippen LogP) is 2.25. The van der Waals surface area contributed by atoms with Gasteiger partial charge in [-0.05, 0) is 18.6 Å². The fourth-order valence-corrected chi connectivity index (χ4v) is 1.56. The van der Waals surface area contributed by atoms with Crippen LogP contribution in [0.4, 0.5) is 5.69 Å². The van der Waals surface area contributed by atoms with Crippen molar-refractivity contribution in [1.82, 2.24) is 9.78 Å². The normalized spacial score (nSPS) is 10.3. The molecule has 2 rings (SSSR count). The highest BCUT2D eigenvalue weighted by Crippen LogP contribution is 2.25. The summed E-state index contributed by atoms with van der Waals surface area (Å²) in [5.74, 6) is 1.40. The van der Waals surface area contributed by atoms with Gasteiger partial charge in [-0.25, -0.2) is 4.68 Å². The molecule has 2 aromatic rings. The van der Waals surface area contributed by atoms with Gasteiger partial charge in [0.25, 0.3) is 0 Å². The first-order valence-corrected chi connectivity index (χ1v) is 5.86. The maximum absolute atomic E-state index is 5.86. The van der Waals surface area contributed by atoms with Crippen molar-refractivity contribution in [3.63, 3.8) is 0 Å². The minimum Gasteiger partial charge on any atom is -0.493 e. The Hall–Kier alpha value is -2.17. The molecule has 0 saturated carbocycles. The maximum atomic E-state index is 5.86. The Morgan fingerprint density at radius 3 is 2.89 bits per heavy atom. The summed E-state index contributed by atoms with van der Waals surface area (Å²) in [6, 6.07) is 5.58. The van der Waals surface area contributed by atoms with E-state index in [9.17, 15) is 0 Å². The number of nitrogens with two attached hydrogens (primary N) is 1. The first kappa shape index (κ1) is 12.3. The maximum Gasteiger partial charge on any atom is 0.157 e. The Morgan fingerprint density at radius 2 is 2.22 bits per heavy atom. The molecule has 0 aliphatic rings. The Balaban J connectivity index is 2.28. The third kappa shape index (κ3) is 2.56. The lowest BCUT2D eigenvalue weighted by Gasteiger charge is -2.09. The molecule has 1 heterocycles. The van der Waals surface area contributed by atoms with Crippen molar-refractivity contribution < 1.29 is 9.47 Å². The average Bonchev–Trinajstić information content (AvgIpc) is 2.86. The van der Waals surface area contributed by atoms with E-state index in [1.165, 1.54) is 0 Å². The summed E-state index contributed by atoms with van der Waals surface area (Å²) in [4.78, 5) is 0. The van der Waals surface area contributed by atoms with E-state index in [0.29, 0.717) is 23.8 Å². The number of methoxy groups -OCH3 is 1. The minimum absolute atomic E-state index is 0.631. The molecular weight excluding hydrogens is 230 g/mol. The number of nitrogen functional groups attached to an aromatic ring is 1. The number of nitrogens with zero attached hydrogens (tertiary/aromatic N) is 2. The first-order valence-electron chi connectivity index (χ1n) is 5.86. The molecule has 0 amide bonds. The molecule has 0 bridgehead atoms. The van der Waals surface area contributed by atoms with Crippen molar-refractivity contribution >= 4 is 5.69 Å². The summed E-state index contributed by atoms with van der Waals surface area (Å²) in [5.41, 5.74) is 7.38. The fourth-order valence-electron chi connectivity index (χ4n) is 1.56. The molecule has 0 aliphatic heterocycles. The van der Waals surface area contributed by atoms with Crippen molar-refractivity contribution in [2.45, 2.75) is 13.3 Å². The number of hydrogen-bond donors (Lipinski definition) is 1. The van der Waals surface area contributed by atoms with E-state index in [0.717, 1.165) is 12.1 Å². The van der Waals surface area contributed by atoms with E-state index in [1.54, 1.807) is 24.2 Å². The van der Waals surface area contributed by atoms with Crippen LogP contribution in [0.1, 0.15) is 13.3 Å². The molecular formula is C13H17N3O2. The van der Waals surface area contributed by atoms with Gasteiger partial charge in [0.15, 0.2) is 5.75 Å². The van der Waals surface area contributed by atoms with Gasteiger partial charge >= 0.3 is 0 Å². The number of ether oxygens (including phenoxy) is 2. The molecule has 0 spiro atoms. The quantitative estimate of drug-likeness (QED) is 0.823. The number of aromatic nitrogens is 2. The van der Waals surface area contributed by atoms with Gasteiger partial charge in [0.05, 0.1) is 37.5 Å². The zero-order chi connectivity index (χ0) is 13.0. The van der Waals surface area contributed by atoms with E-state index in [-0.39, 0.29) is 0 Å². The number of rotatable bonds is 5. The summed E-state index contributed by atoms with van der Waals surface area (Å²) in [5, 5.41) is 4.20. The van der Waals surface area contributed by atoms with Crippen LogP contribution in [0.3, 0.4) is 0 Å². The van der Waals surface area contributed by atoms with Crippen LogP contribution >= 0.6 is 0 Å². The largest absolute Gasteiger partial charge is 0.493 e. The van der Waals surface area contributed by atoms with Gasteiger partial charge in [-0.15, -0.1) is 0 Å². The first-order chi connectivity index (χ1) is 8.74. The van der Waals surface area contributed by atoms with Crippen molar-refractivity contribution in [2.24, 2.45) is 0 Å². The topological polar surface area (TPSA) is 62.3 Å². The molecule has 0 atom stereocenters. The molecule has 0 saturated heterocycles. The second-order valence-electron chi connectivity index (χ2n) is 3.90. The molecule has 1 aromatic heterocycles. The third-order valence-corrected chi connectivity index (χ3v) is 2.52. The molecule has 0 aliphatic carbocycles. The second kappa shape index (κ2) is 5.44. The van der Waals surface area contributed by atoms with E-state index in [2.05, 4.69) is 12.0 Å². The van der Waals surface area contributed by atoms with Crippen molar-refractivity contribution in [3.05, 3.63) is 30.6 Å². The molecule has 18 heavy (non-hydrogen) atoms. The van der Waals surface area contributed by atoms with Crippen LogP contribution in [-0.2, 0) is 0 Å². The predicted molar refractivity (Wildman–Crippen MR) is 70.3 cm³/mol. The van der Waals surface area contributed by atoms with Crippen LogP contribution in [0, 0.1) is 0 Å². The SMILES string of the molecule is CCCOc1cc(-n2cc(OC)cn2)ccc1N. The second-order valence-corrected chi connectivity index (χ2v) is 3.90. The lowest BCUT2D eigenvalue weighted by Crippen LogP contribution is -2.01. The number of anilines is 1. The summed E-state index contributed by atoms with van der Waals surface area (Å²) in [6.45, 7) is 2.70. The molecule has 2 N–H and O–H groups in total. The molecule has 5 nitrogen and oxygen atoms in total. The van der Waals surface area contributed by atoms with Crippen LogP contribution in [0.15, 0.2) is 30.6 Å². The van der Waals surface area contributed by atoms with Gasteiger partial charge in [-0.1, -0.05) is 6.92 Å². The van der Waals surface area contributed by atoms with Crippen molar-refractivity contribution in [1.29, 1.82) is 0 Å². The highest BCUT2D eigenvalue weighted by Gasteiger charge is 2.05. The molecule has 0 fully saturated rings. The van der Waals surface area contributed by atoms with Crippen LogP contribution < -0.4 is 15.2 Å². The lowest BCUT2D eigenvalue weighted by atomic mass is 10.2. The third-order valence-electron chi connectivity index (χ3n) is 2.52. The highest BCUT2D eigenvalue weighted by atomic mass is 16.5. The van der Waals surface area contributed by atoms with Crippen LogP contribution in [0.5, 0.6) is 11.5 Å². The zero-order valence-electron chi connectivity index (χ0n) is 10.6. The Bertz CT molecular complexity index is 523. The Labute approximate surface area is 106 Å². The standard InChI is InChI=1S/C13H17N3O2/c1-3-6-18-13-7-10(4-5-12(13)14)16-9-11(17-2)8-15-16/h4-5,7-9H,3,6,14H2,1-2H3. The smallest absolute Gasteiger partial charge is 0.157 e. The highest BCUT2D eigenvalue weighted by molar-refractivity contribution is 5.57. The van der Waals surface area contributed by atoms with Gasteiger partial charge < -0.3 is 15.2 Å². The van der Waals surface area contributed by atoms with Crippen LogP contribution in [0.2, 0.25) is 0 Å². The molecule has 1 aromatic carbocycles. The van der Waals surface area contributed by atoms with Gasteiger partial charge in [-0.2, -0.15) is 5.10 Å². The zero-order valence-corrected chi connectivity index (χ0v) is 10.6. The van der Waals surface area contributed by atoms with E-state index in [1.807, 2.05) is 18.2 Å². The Kier molecular flexibility index (Phi) is 3.72. The fraction of sp³-hybridized carbons (Fsp3) is 0.308. The molecule has 0 radical (unpaired) electrons. The van der Waals surface area contributed by atoms with E-state index < -0.39 is 0 Å². The van der Waals surface area contributed by atoms with Crippen LogP contribution in [0.25, 0.3) is 5.69 Å². The van der Waals surface area contributed by atoms with Gasteiger partial charge in [0.1, 0.15) is 5.75 Å². The van der Waals surface area contributed by atoms with E-state index in [4.69, 9.17) is 15.2 Å². The van der Waals surface area contributed by atoms with Gasteiger partial charge in [0, 0.05) is 6.07 Å². The van der Waals surface area contributed by atoms with Crippen LogP contribution in [-0.4, -0.2) is 23.5 Å².